The van der Waals surface area contributed by atoms with Gasteiger partial charge in [-0.15, -0.1) is 0 Å². The standard InChI is InChI=1S/C21H16N2O5S/c24-21(23(15-16-7-6-14-27-16)19-10-4-5-13-22-19)18-11-12-20(28-18)29(25,26)17-8-2-1-3-9-17/h1-14H,15H2. The van der Waals surface area contributed by atoms with Crippen LogP contribution in [0.1, 0.15) is 16.3 Å². The summed E-state index contributed by atoms with van der Waals surface area (Å²) in [5.41, 5.74) is 0. The number of hydrogen-bond donors (Lipinski definition) is 0. The summed E-state index contributed by atoms with van der Waals surface area (Å²) in [6.07, 6.45) is 3.07. The summed E-state index contributed by atoms with van der Waals surface area (Å²) in [6.45, 7) is 0.115. The molecule has 0 fully saturated rings. The van der Waals surface area contributed by atoms with Crippen LogP contribution < -0.4 is 4.90 Å². The van der Waals surface area contributed by atoms with Crippen molar-refractivity contribution < 1.29 is 22.0 Å². The van der Waals surface area contributed by atoms with E-state index in [0.29, 0.717) is 11.6 Å². The van der Waals surface area contributed by atoms with Crippen LogP contribution in [-0.4, -0.2) is 19.3 Å². The molecule has 8 heteroatoms. The summed E-state index contributed by atoms with van der Waals surface area (Å²) in [5.74, 6) is 0.289. The second-order valence-electron chi connectivity index (χ2n) is 6.09. The molecule has 0 bridgehead atoms. The highest BCUT2D eigenvalue weighted by atomic mass is 32.2. The predicted molar refractivity (Wildman–Crippen MR) is 104 cm³/mol. The summed E-state index contributed by atoms with van der Waals surface area (Å²) in [7, 11) is -3.86. The molecule has 29 heavy (non-hydrogen) atoms. The molecule has 4 aromatic rings. The highest BCUT2D eigenvalue weighted by Crippen LogP contribution is 2.25. The minimum Gasteiger partial charge on any atom is -0.467 e. The first-order valence-corrected chi connectivity index (χ1v) is 10.2. The number of pyridine rings is 1. The molecule has 4 rings (SSSR count). The van der Waals surface area contributed by atoms with E-state index in [-0.39, 0.29) is 22.3 Å². The van der Waals surface area contributed by atoms with Crippen LogP contribution >= 0.6 is 0 Å². The van der Waals surface area contributed by atoms with Gasteiger partial charge in [0.05, 0.1) is 17.7 Å². The van der Waals surface area contributed by atoms with E-state index in [2.05, 4.69) is 4.98 Å². The molecule has 1 amide bonds. The number of anilines is 1. The quantitative estimate of drug-likeness (QED) is 0.480. The van der Waals surface area contributed by atoms with Gasteiger partial charge in [-0.3, -0.25) is 9.69 Å². The summed E-state index contributed by atoms with van der Waals surface area (Å²) in [6, 6.07) is 19.1. The van der Waals surface area contributed by atoms with Gasteiger partial charge in [-0.1, -0.05) is 24.3 Å². The first kappa shape index (κ1) is 18.7. The van der Waals surface area contributed by atoms with E-state index < -0.39 is 15.7 Å². The molecule has 0 radical (unpaired) electrons. The molecule has 3 aromatic heterocycles. The van der Waals surface area contributed by atoms with Crippen molar-refractivity contribution in [1.82, 2.24) is 4.98 Å². The molecule has 0 saturated heterocycles. The minimum absolute atomic E-state index is 0.0884. The smallest absolute Gasteiger partial charge is 0.295 e. The third kappa shape index (κ3) is 3.83. The monoisotopic (exact) mass is 408 g/mol. The van der Waals surface area contributed by atoms with Crippen LogP contribution in [0.4, 0.5) is 5.82 Å². The molecule has 0 aliphatic heterocycles. The summed E-state index contributed by atoms with van der Waals surface area (Å²) in [5, 5.41) is -0.300. The highest BCUT2D eigenvalue weighted by Gasteiger charge is 2.27. The number of aromatic nitrogens is 1. The Labute approximate surface area is 167 Å². The Kier molecular flexibility index (Phi) is 5.01. The van der Waals surface area contributed by atoms with Gasteiger partial charge >= 0.3 is 0 Å². The van der Waals surface area contributed by atoms with Crippen molar-refractivity contribution in [2.24, 2.45) is 0 Å². The summed E-state index contributed by atoms with van der Waals surface area (Å²) < 4.78 is 36.2. The van der Waals surface area contributed by atoms with Crippen LogP contribution in [0.25, 0.3) is 0 Å². The van der Waals surface area contributed by atoms with E-state index in [1.54, 1.807) is 54.7 Å². The number of carbonyl (C=O) groups is 1. The largest absolute Gasteiger partial charge is 0.467 e. The summed E-state index contributed by atoms with van der Waals surface area (Å²) >= 11 is 0. The molecule has 0 spiro atoms. The molecule has 146 valence electrons. The van der Waals surface area contributed by atoms with Crippen LogP contribution in [0, 0.1) is 0 Å². The average Bonchev–Trinajstić information content (AvgIpc) is 3.45. The number of carbonyl (C=O) groups excluding carboxylic acids is 1. The molecular weight excluding hydrogens is 392 g/mol. The molecule has 1 aromatic carbocycles. The molecule has 0 saturated carbocycles. The Hall–Kier alpha value is -3.65. The van der Waals surface area contributed by atoms with Crippen LogP contribution in [-0.2, 0) is 16.4 Å². The number of rotatable bonds is 6. The van der Waals surface area contributed by atoms with Crippen LogP contribution in [0.5, 0.6) is 0 Å². The lowest BCUT2D eigenvalue weighted by molar-refractivity contribution is 0.0950. The van der Waals surface area contributed by atoms with E-state index in [0.717, 1.165) is 0 Å². The zero-order valence-corrected chi connectivity index (χ0v) is 16.0. The second-order valence-corrected chi connectivity index (χ2v) is 7.97. The fourth-order valence-electron chi connectivity index (χ4n) is 2.76. The molecule has 0 aliphatic carbocycles. The van der Waals surface area contributed by atoms with Gasteiger partial charge in [0.15, 0.2) is 5.76 Å². The van der Waals surface area contributed by atoms with Crippen LogP contribution in [0.15, 0.2) is 104 Å². The topological polar surface area (TPSA) is 93.6 Å². The fourth-order valence-corrected chi connectivity index (χ4v) is 3.95. The van der Waals surface area contributed by atoms with Crippen molar-refractivity contribution in [3.8, 4) is 0 Å². The van der Waals surface area contributed by atoms with Crippen molar-refractivity contribution in [2.75, 3.05) is 4.90 Å². The van der Waals surface area contributed by atoms with Gasteiger partial charge in [-0.05, 0) is 48.5 Å². The van der Waals surface area contributed by atoms with Crippen molar-refractivity contribution in [1.29, 1.82) is 0 Å². The maximum atomic E-state index is 13.1. The molecular formula is C21H16N2O5S. The lowest BCUT2D eigenvalue weighted by atomic mass is 10.3. The van der Waals surface area contributed by atoms with Gasteiger partial charge in [0, 0.05) is 6.20 Å². The van der Waals surface area contributed by atoms with Crippen molar-refractivity contribution in [3.05, 3.63) is 96.8 Å². The second kappa shape index (κ2) is 7.76. The van der Waals surface area contributed by atoms with E-state index in [1.807, 2.05) is 0 Å². The Morgan fingerprint density at radius 1 is 0.931 bits per heavy atom. The van der Waals surface area contributed by atoms with E-state index in [1.165, 1.54) is 35.4 Å². The number of furan rings is 2. The lowest BCUT2D eigenvalue weighted by Gasteiger charge is -2.19. The zero-order valence-electron chi connectivity index (χ0n) is 15.1. The van der Waals surface area contributed by atoms with Gasteiger partial charge in [0.25, 0.3) is 5.91 Å². The fraction of sp³-hybridized carbons (Fsp3) is 0.0476. The molecule has 0 atom stereocenters. The lowest BCUT2D eigenvalue weighted by Crippen LogP contribution is -2.30. The SMILES string of the molecule is O=C(c1ccc(S(=O)(=O)c2ccccc2)o1)N(Cc1ccco1)c1ccccn1. The molecule has 0 N–H and O–H groups in total. The summed E-state index contributed by atoms with van der Waals surface area (Å²) in [4.78, 5) is 18.8. The van der Waals surface area contributed by atoms with Gasteiger partial charge < -0.3 is 8.83 Å². The van der Waals surface area contributed by atoms with Crippen molar-refractivity contribution in [2.45, 2.75) is 16.5 Å². The molecule has 7 nitrogen and oxygen atoms in total. The Balaban J connectivity index is 1.67. The molecule has 0 unspecified atom stereocenters. The van der Waals surface area contributed by atoms with Gasteiger partial charge in [-0.25, -0.2) is 13.4 Å². The Morgan fingerprint density at radius 2 is 1.72 bits per heavy atom. The third-order valence-corrected chi connectivity index (χ3v) is 5.82. The first-order valence-electron chi connectivity index (χ1n) is 8.71. The maximum Gasteiger partial charge on any atom is 0.295 e. The van der Waals surface area contributed by atoms with E-state index in [4.69, 9.17) is 8.83 Å². The first-order chi connectivity index (χ1) is 14.1. The number of amides is 1. The van der Waals surface area contributed by atoms with E-state index >= 15 is 0 Å². The average molecular weight is 408 g/mol. The van der Waals surface area contributed by atoms with E-state index in [9.17, 15) is 13.2 Å². The third-order valence-electron chi connectivity index (χ3n) is 4.18. The molecule has 3 heterocycles. The van der Waals surface area contributed by atoms with Crippen molar-refractivity contribution >= 4 is 21.6 Å². The highest BCUT2D eigenvalue weighted by molar-refractivity contribution is 7.91. The normalized spacial score (nSPS) is 11.3. The zero-order chi connectivity index (χ0) is 20.3. The number of hydrogen-bond acceptors (Lipinski definition) is 6. The number of sulfone groups is 1. The maximum absolute atomic E-state index is 13.1. The predicted octanol–water partition coefficient (Wildman–Crippen LogP) is 3.95. The number of benzene rings is 1. The Morgan fingerprint density at radius 3 is 2.41 bits per heavy atom. The van der Waals surface area contributed by atoms with Crippen LogP contribution in [0.3, 0.4) is 0 Å². The molecule has 0 aliphatic rings. The van der Waals surface area contributed by atoms with Gasteiger partial charge in [-0.2, -0.15) is 0 Å². The van der Waals surface area contributed by atoms with Gasteiger partial charge in [0.1, 0.15) is 11.6 Å². The number of nitrogens with zero attached hydrogens (tertiary/aromatic N) is 2. The minimum atomic E-state index is -3.86. The van der Waals surface area contributed by atoms with Crippen molar-refractivity contribution in [3.63, 3.8) is 0 Å². The van der Waals surface area contributed by atoms with Crippen LogP contribution in [0.2, 0.25) is 0 Å². The Bertz CT molecular complexity index is 1200. The van der Waals surface area contributed by atoms with Gasteiger partial charge in [0.2, 0.25) is 14.9 Å².